The van der Waals surface area contributed by atoms with Crippen LogP contribution < -0.4 is 0 Å². The second-order valence-electron chi connectivity index (χ2n) is 8.49. The molecule has 4 heteroatoms. The van der Waals surface area contributed by atoms with Gasteiger partial charge in [0.25, 0.3) is 0 Å². The van der Waals surface area contributed by atoms with E-state index in [9.17, 15) is 0 Å². The minimum atomic E-state index is 0. The topological polar surface area (TPSA) is 35.2 Å². The van der Waals surface area contributed by atoms with Crippen molar-refractivity contribution in [3.63, 3.8) is 0 Å². The van der Waals surface area contributed by atoms with Crippen LogP contribution in [0.25, 0.3) is 36.8 Å². The number of hydrogen-bond donors (Lipinski definition) is 0. The average molecular weight is 682 g/mol. The van der Waals surface area contributed by atoms with E-state index >= 15 is 0 Å². The first kappa shape index (κ1) is 26.9. The summed E-state index contributed by atoms with van der Waals surface area (Å²) >= 11 is 1.70. The Labute approximate surface area is 241 Å². The molecule has 0 saturated heterocycles. The number of aromatic nitrogens is 1. The number of rotatable bonds is 4. The summed E-state index contributed by atoms with van der Waals surface area (Å²) in [6, 6.07) is 26.8. The largest absolute Gasteiger partial charge is 3.00 e. The molecule has 0 aliphatic carbocycles. The molecule has 5 aromatic rings. The van der Waals surface area contributed by atoms with Gasteiger partial charge in [0.05, 0.1) is 2.74 Å². The first-order valence-corrected chi connectivity index (χ1v) is 12.6. The van der Waals surface area contributed by atoms with Crippen LogP contribution in [0.2, 0.25) is 0 Å². The van der Waals surface area contributed by atoms with Gasteiger partial charge >= 0.3 is 20.1 Å². The minimum Gasteiger partial charge on any atom is -0.811 e. The van der Waals surface area contributed by atoms with Gasteiger partial charge in [0.2, 0.25) is 0 Å². The number of pyridine rings is 1. The predicted octanol–water partition coefficient (Wildman–Crippen LogP) is 9.59. The number of aryl methyl sites for hydroxylation is 1. The third-order valence-electron chi connectivity index (χ3n) is 5.46. The molecule has 2 nitrogen and oxygen atoms in total. The molecule has 0 atom stereocenters. The summed E-state index contributed by atoms with van der Waals surface area (Å²) in [6.45, 7) is 11.8. The maximum atomic E-state index is 8.12. The molecule has 2 aromatic heterocycles. The monoisotopic (exact) mass is 682 g/mol. The number of thiophene rings is 1. The van der Waals surface area contributed by atoms with Gasteiger partial charge in [-0.25, -0.2) is 0 Å². The summed E-state index contributed by atoms with van der Waals surface area (Å²) in [4.78, 5) is 4.28. The van der Waals surface area contributed by atoms with Crippen molar-refractivity contribution in [2.75, 3.05) is 0 Å². The third-order valence-corrected chi connectivity index (χ3v) is 6.55. The molecule has 188 valence electrons. The van der Waals surface area contributed by atoms with Gasteiger partial charge in [0.1, 0.15) is 0 Å². The van der Waals surface area contributed by atoms with Crippen LogP contribution in [0, 0.1) is 19.1 Å². The summed E-state index contributed by atoms with van der Waals surface area (Å²) in [5, 5.41) is 10.6. The molecule has 0 aliphatic heterocycles. The van der Waals surface area contributed by atoms with Gasteiger partial charge in [-0.3, -0.25) is 0 Å². The van der Waals surface area contributed by atoms with Crippen molar-refractivity contribution >= 4 is 37.7 Å². The Morgan fingerprint density at radius 1 is 1.19 bits per heavy atom. The molecule has 5 rings (SSSR count). The van der Waals surface area contributed by atoms with E-state index in [1.165, 1.54) is 27.1 Å². The zero-order valence-electron chi connectivity index (χ0n) is 23.5. The summed E-state index contributed by atoms with van der Waals surface area (Å²) in [7, 11) is 0. The Morgan fingerprint density at radius 3 is 2.59 bits per heavy atom. The second kappa shape index (κ2) is 15.2. The van der Waals surface area contributed by atoms with Crippen LogP contribution in [-0.2, 0) is 20.1 Å². The number of benzene rings is 3. The third kappa shape index (κ3) is 8.43. The molecule has 0 bridgehead atoms. The van der Waals surface area contributed by atoms with Crippen molar-refractivity contribution in [3.8, 4) is 11.3 Å². The van der Waals surface area contributed by atoms with Gasteiger partial charge < -0.3 is 10.4 Å². The molecule has 0 unspecified atom stereocenters. The van der Waals surface area contributed by atoms with Gasteiger partial charge in [0.15, 0.2) is 0 Å². The van der Waals surface area contributed by atoms with Crippen molar-refractivity contribution in [2.45, 2.75) is 33.6 Å². The molecule has 0 fully saturated rings. The van der Waals surface area contributed by atoms with Crippen molar-refractivity contribution in [1.29, 1.82) is 0 Å². The SMILES string of the molecule is C=C/C(C)=C\C=[N-].CC(C)c1c[c-]ccc1.[2H]c1ccnc(-c2[c-]c3sc4ccccc4c3c(C)c2)c1[2H].[Ir+3]. The average Bonchev–Trinajstić information content (AvgIpc) is 3.30. The van der Waals surface area contributed by atoms with E-state index in [1.54, 1.807) is 29.7 Å². The van der Waals surface area contributed by atoms with Crippen molar-refractivity contribution in [2.24, 2.45) is 0 Å². The fourth-order valence-electron chi connectivity index (χ4n) is 3.48. The van der Waals surface area contributed by atoms with Gasteiger partial charge in [-0.2, -0.15) is 53.4 Å². The van der Waals surface area contributed by atoms with Crippen LogP contribution in [0.5, 0.6) is 0 Å². The predicted molar refractivity (Wildman–Crippen MR) is 159 cm³/mol. The number of allylic oxidation sites excluding steroid dienone is 3. The van der Waals surface area contributed by atoms with E-state index < -0.39 is 0 Å². The van der Waals surface area contributed by atoms with E-state index in [-0.39, 0.29) is 32.2 Å². The normalized spacial score (nSPS) is 11.3. The van der Waals surface area contributed by atoms with E-state index in [1.807, 2.05) is 37.3 Å². The molecule has 3 aromatic carbocycles. The van der Waals surface area contributed by atoms with Crippen LogP contribution >= 0.6 is 11.3 Å². The Hall–Kier alpha value is -3.17. The van der Waals surface area contributed by atoms with Crippen molar-refractivity contribution in [3.05, 3.63) is 132 Å². The van der Waals surface area contributed by atoms with Gasteiger partial charge in [-0.05, 0) is 34.8 Å². The number of hydrogen-bond acceptors (Lipinski definition) is 2. The summed E-state index contributed by atoms with van der Waals surface area (Å²) in [5.74, 6) is 0.627. The maximum Gasteiger partial charge on any atom is 3.00 e. The summed E-state index contributed by atoms with van der Waals surface area (Å²) in [5.41, 5.74) is 4.78. The van der Waals surface area contributed by atoms with Crippen LogP contribution in [0.4, 0.5) is 0 Å². The Bertz CT molecular complexity index is 1570. The van der Waals surface area contributed by atoms with Gasteiger partial charge in [-0.15, -0.1) is 23.3 Å². The van der Waals surface area contributed by atoms with E-state index in [4.69, 9.17) is 8.15 Å². The molecule has 0 amide bonds. The molecule has 37 heavy (non-hydrogen) atoms. The molecular weight excluding hydrogens is 649 g/mol. The van der Waals surface area contributed by atoms with Gasteiger partial charge in [-0.1, -0.05) is 86.7 Å². The molecular formula is C33H31IrN2S. The van der Waals surface area contributed by atoms with Crippen molar-refractivity contribution < 1.29 is 22.8 Å². The zero-order chi connectivity index (χ0) is 27.7. The summed E-state index contributed by atoms with van der Waals surface area (Å²) in [6.07, 6.45) is 5.82. The quantitative estimate of drug-likeness (QED) is 0.106. The smallest absolute Gasteiger partial charge is 0.811 e. The van der Waals surface area contributed by atoms with Crippen LogP contribution in [0.3, 0.4) is 0 Å². The summed E-state index contributed by atoms with van der Waals surface area (Å²) < 4.78 is 18.1. The molecule has 2 heterocycles. The first-order valence-electron chi connectivity index (χ1n) is 12.8. The minimum absolute atomic E-state index is 0. The fourth-order valence-corrected chi connectivity index (χ4v) is 4.66. The molecule has 0 aliphatic rings. The van der Waals surface area contributed by atoms with E-state index in [0.717, 1.165) is 27.6 Å². The maximum absolute atomic E-state index is 8.12. The Balaban J connectivity index is 0.000000261. The molecule has 0 radical (unpaired) electrons. The Morgan fingerprint density at radius 2 is 1.97 bits per heavy atom. The molecule has 0 saturated carbocycles. The first-order chi connectivity index (χ1) is 18.3. The zero-order valence-corrected chi connectivity index (χ0v) is 24.7. The van der Waals surface area contributed by atoms with Crippen molar-refractivity contribution in [1.82, 2.24) is 4.98 Å². The molecule has 0 N–H and O–H groups in total. The fraction of sp³-hybridized carbons (Fsp3) is 0.152. The van der Waals surface area contributed by atoms with E-state index in [0.29, 0.717) is 11.6 Å². The number of fused-ring (bicyclic) bond motifs is 3. The second-order valence-corrected chi connectivity index (χ2v) is 9.54. The van der Waals surface area contributed by atoms with Crippen LogP contribution in [0.15, 0.2) is 103 Å². The van der Waals surface area contributed by atoms with Gasteiger partial charge in [0, 0.05) is 10.9 Å². The number of nitrogens with zero attached hydrogens (tertiary/aromatic N) is 2. The van der Waals surface area contributed by atoms with E-state index in [2.05, 4.69) is 68.7 Å². The molecule has 0 spiro atoms. The Kier molecular flexibility index (Phi) is 11.0. The van der Waals surface area contributed by atoms with Crippen LogP contribution in [-0.4, -0.2) is 11.2 Å². The standard InChI is InChI=1S/C18H12NS.C9H11.C6H8N.Ir/c1-12-10-13(15-7-4-5-9-19-15)11-17-18(12)14-6-2-3-8-16(14)20-17;1-8(2)9-6-4-3-5-7-9;1-3-6(2)4-5-7;/h2-10H,1H3;3-4,6-8H,1-2H3;3-5H,1H2,2H3;/q3*-1;+3/b;;6-4-;/i4D,7D;;;. The van der Waals surface area contributed by atoms with Crippen LogP contribution in [0.1, 0.15) is 40.6 Å².